The van der Waals surface area contributed by atoms with Crippen molar-refractivity contribution in [3.63, 3.8) is 0 Å². The molecule has 2 heterocycles. The highest BCUT2D eigenvalue weighted by Gasteiger charge is 2.47. The summed E-state index contributed by atoms with van der Waals surface area (Å²) in [6.07, 6.45) is 4.77. The molecule has 0 N–H and O–H groups in total. The lowest BCUT2D eigenvalue weighted by Gasteiger charge is -2.29. The van der Waals surface area contributed by atoms with E-state index in [1.807, 2.05) is 54.6 Å². The average molecular weight is 454 g/mol. The van der Waals surface area contributed by atoms with Gasteiger partial charge in [0, 0.05) is 21.2 Å². The van der Waals surface area contributed by atoms with Crippen molar-refractivity contribution in [1.29, 1.82) is 0 Å². The monoisotopic (exact) mass is 453 g/mol. The molecule has 5 rings (SSSR count). The van der Waals surface area contributed by atoms with Gasteiger partial charge in [0.2, 0.25) is 18.1 Å². The van der Waals surface area contributed by atoms with E-state index >= 15 is 0 Å². The number of imide groups is 1. The summed E-state index contributed by atoms with van der Waals surface area (Å²) < 4.78 is 13.0. The summed E-state index contributed by atoms with van der Waals surface area (Å²) in [5.41, 5.74) is 2.64. The minimum absolute atomic E-state index is 0.0789. The van der Waals surface area contributed by atoms with Crippen molar-refractivity contribution in [1.82, 2.24) is 4.90 Å². The molecule has 2 aromatic carbocycles. The Kier molecular flexibility index (Phi) is 4.76. The van der Waals surface area contributed by atoms with Crippen LogP contribution in [-0.4, -0.2) is 16.7 Å². The Morgan fingerprint density at radius 1 is 1.00 bits per heavy atom. The third-order valence-electron chi connectivity index (χ3n) is 5.82. The lowest BCUT2D eigenvalue weighted by molar-refractivity contribution is -0.140. The summed E-state index contributed by atoms with van der Waals surface area (Å²) in [5, 5.41) is 0. The van der Waals surface area contributed by atoms with E-state index in [9.17, 15) is 9.59 Å². The molecular formula is C23H20BrNO4. The first kappa shape index (κ1) is 18.6. The molecule has 2 aliphatic heterocycles. The lowest BCUT2D eigenvalue weighted by atomic mass is 9.85. The second-order valence-corrected chi connectivity index (χ2v) is 8.56. The Hall–Kier alpha value is -2.44. The van der Waals surface area contributed by atoms with Crippen LogP contribution < -0.4 is 4.74 Å². The van der Waals surface area contributed by atoms with Crippen LogP contribution in [0.15, 0.2) is 59.1 Å². The molecule has 1 aliphatic carbocycles. The number of rotatable bonds is 3. The minimum atomic E-state index is -0.514. The number of amides is 2. The van der Waals surface area contributed by atoms with Crippen molar-refractivity contribution >= 4 is 27.7 Å². The largest absolute Gasteiger partial charge is 0.460 e. The number of ether oxygens (including phenoxy) is 2. The van der Waals surface area contributed by atoms with Crippen molar-refractivity contribution in [2.24, 2.45) is 11.8 Å². The fourth-order valence-corrected chi connectivity index (χ4v) is 4.92. The van der Waals surface area contributed by atoms with Crippen LogP contribution >= 0.6 is 15.9 Å². The van der Waals surface area contributed by atoms with E-state index in [0.29, 0.717) is 25.2 Å². The molecule has 0 spiro atoms. The molecule has 5 nitrogen and oxygen atoms in total. The van der Waals surface area contributed by atoms with Gasteiger partial charge in [-0.3, -0.25) is 14.5 Å². The number of hydrogen-bond donors (Lipinski definition) is 0. The van der Waals surface area contributed by atoms with Gasteiger partial charge in [0.25, 0.3) is 0 Å². The Labute approximate surface area is 177 Å². The van der Waals surface area contributed by atoms with E-state index in [-0.39, 0.29) is 30.2 Å². The number of halogens is 1. The quantitative estimate of drug-likeness (QED) is 0.506. The first-order valence-electron chi connectivity index (χ1n) is 9.76. The number of allylic oxidation sites excluding steroid dienone is 2. The van der Waals surface area contributed by atoms with Gasteiger partial charge in [-0.1, -0.05) is 58.4 Å². The molecule has 0 bridgehead atoms. The Morgan fingerprint density at radius 3 is 2.38 bits per heavy atom. The minimum Gasteiger partial charge on any atom is -0.460 e. The number of likely N-dealkylation sites (tertiary alicyclic amines) is 1. The Morgan fingerprint density at radius 2 is 1.69 bits per heavy atom. The number of carbonyl (C=O) groups is 2. The van der Waals surface area contributed by atoms with Gasteiger partial charge in [-0.15, -0.1) is 0 Å². The van der Waals surface area contributed by atoms with Crippen LogP contribution in [0.1, 0.15) is 35.8 Å². The molecule has 0 saturated carbocycles. The SMILES string of the molecule is O=C1[C@H]2CC=CC[C@H]2C(=O)N1Cc1cc(Br)cc2c1O[C@H](c1ccccc1)OC2. The Bertz CT molecular complexity index is 977. The van der Waals surface area contributed by atoms with Crippen molar-refractivity contribution in [3.8, 4) is 5.75 Å². The van der Waals surface area contributed by atoms with Gasteiger partial charge in [-0.05, 0) is 25.0 Å². The number of hydrogen-bond acceptors (Lipinski definition) is 4. The fraction of sp³-hybridized carbons (Fsp3) is 0.304. The maximum absolute atomic E-state index is 12.9. The van der Waals surface area contributed by atoms with Crippen LogP contribution in [0.5, 0.6) is 5.75 Å². The molecule has 0 unspecified atom stereocenters. The average Bonchev–Trinajstić information content (AvgIpc) is 2.99. The highest BCUT2D eigenvalue weighted by Crippen LogP contribution is 2.41. The first-order valence-corrected chi connectivity index (χ1v) is 10.6. The zero-order valence-electron chi connectivity index (χ0n) is 15.7. The normalized spacial score (nSPS) is 25.6. The lowest BCUT2D eigenvalue weighted by Crippen LogP contribution is -2.31. The standard InChI is InChI=1S/C23H20BrNO4/c24-17-10-15(12-25-21(26)18-8-4-5-9-19(18)22(25)27)20-16(11-17)13-28-23(29-20)14-6-2-1-3-7-14/h1-7,10-11,18-19,23H,8-9,12-13H2/t18-,19+,23-/m1/s1. The summed E-state index contributed by atoms with van der Waals surface area (Å²) >= 11 is 3.53. The first-order chi connectivity index (χ1) is 14.1. The van der Waals surface area contributed by atoms with Crippen molar-refractivity contribution in [2.45, 2.75) is 32.3 Å². The van der Waals surface area contributed by atoms with Gasteiger partial charge in [0.15, 0.2) is 0 Å². The predicted molar refractivity (Wildman–Crippen MR) is 110 cm³/mol. The third kappa shape index (κ3) is 3.30. The van der Waals surface area contributed by atoms with Gasteiger partial charge in [0.1, 0.15) is 5.75 Å². The fourth-order valence-electron chi connectivity index (χ4n) is 4.36. The predicted octanol–water partition coefficient (Wildman–Crippen LogP) is 4.51. The van der Waals surface area contributed by atoms with Crippen LogP contribution in [0, 0.1) is 11.8 Å². The molecule has 0 radical (unpaired) electrons. The van der Waals surface area contributed by atoms with Crippen molar-refractivity contribution < 1.29 is 19.1 Å². The van der Waals surface area contributed by atoms with Gasteiger partial charge in [0.05, 0.1) is 25.0 Å². The topological polar surface area (TPSA) is 55.8 Å². The Balaban J connectivity index is 1.45. The maximum Gasteiger partial charge on any atom is 0.233 e. The molecule has 1 saturated heterocycles. The summed E-state index contributed by atoms with van der Waals surface area (Å²) in [4.78, 5) is 27.2. The summed E-state index contributed by atoms with van der Waals surface area (Å²) in [6, 6.07) is 13.6. The zero-order valence-corrected chi connectivity index (χ0v) is 17.3. The van der Waals surface area contributed by atoms with Crippen LogP contribution in [0.4, 0.5) is 0 Å². The molecule has 6 heteroatoms. The highest BCUT2D eigenvalue weighted by molar-refractivity contribution is 9.10. The van der Waals surface area contributed by atoms with E-state index in [1.54, 1.807) is 0 Å². The third-order valence-corrected chi connectivity index (χ3v) is 6.28. The van der Waals surface area contributed by atoms with Crippen molar-refractivity contribution in [3.05, 3.63) is 75.8 Å². The number of nitrogens with zero attached hydrogens (tertiary/aromatic N) is 1. The number of carbonyl (C=O) groups excluding carboxylic acids is 2. The molecule has 148 valence electrons. The van der Waals surface area contributed by atoms with Gasteiger partial charge in [-0.25, -0.2) is 0 Å². The van der Waals surface area contributed by atoms with Crippen molar-refractivity contribution in [2.75, 3.05) is 0 Å². The van der Waals surface area contributed by atoms with Gasteiger partial charge in [-0.2, -0.15) is 0 Å². The number of fused-ring (bicyclic) bond motifs is 2. The molecule has 2 aromatic rings. The second-order valence-electron chi connectivity index (χ2n) is 7.64. The second kappa shape index (κ2) is 7.43. The molecule has 1 fully saturated rings. The van der Waals surface area contributed by atoms with E-state index < -0.39 is 6.29 Å². The summed E-state index contributed by atoms with van der Waals surface area (Å²) in [5.74, 6) is 0.0879. The summed E-state index contributed by atoms with van der Waals surface area (Å²) in [6.45, 7) is 0.617. The molecule has 3 atom stereocenters. The van der Waals surface area contributed by atoms with E-state index in [1.165, 1.54) is 4.90 Å². The van der Waals surface area contributed by atoms with E-state index in [0.717, 1.165) is 21.2 Å². The molecule has 29 heavy (non-hydrogen) atoms. The van der Waals surface area contributed by atoms with E-state index in [4.69, 9.17) is 9.47 Å². The molecular weight excluding hydrogens is 434 g/mol. The van der Waals surface area contributed by atoms with Gasteiger partial charge >= 0.3 is 0 Å². The smallest absolute Gasteiger partial charge is 0.233 e. The van der Waals surface area contributed by atoms with E-state index in [2.05, 4.69) is 15.9 Å². The molecule has 3 aliphatic rings. The van der Waals surface area contributed by atoms with Crippen LogP contribution in [0.3, 0.4) is 0 Å². The highest BCUT2D eigenvalue weighted by atomic mass is 79.9. The zero-order chi connectivity index (χ0) is 20.0. The molecule has 2 amide bonds. The maximum atomic E-state index is 12.9. The molecule has 0 aromatic heterocycles. The van der Waals surface area contributed by atoms with Crippen LogP contribution in [0.2, 0.25) is 0 Å². The van der Waals surface area contributed by atoms with Crippen LogP contribution in [0.25, 0.3) is 0 Å². The summed E-state index contributed by atoms with van der Waals surface area (Å²) in [7, 11) is 0. The number of benzene rings is 2. The van der Waals surface area contributed by atoms with Gasteiger partial charge < -0.3 is 9.47 Å². The van der Waals surface area contributed by atoms with Crippen LogP contribution in [-0.2, 0) is 27.5 Å².